The van der Waals surface area contributed by atoms with Crippen molar-refractivity contribution in [3.05, 3.63) is 32.8 Å². The number of aliphatic hydroxyl groups is 1. The fourth-order valence-corrected chi connectivity index (χ4v) is 0.957. The lowest BCUT2D eigenvalue weighted by Gasteiger charge is -2.16. The molecule has 1 aromatic rings. The van der Waals surface area contributed by atoms with Gasteiger partial charge in [0, 0.05) is 12.1 Å². The Labute approximate surface area is 74.6 Å². The number of H-pyrrole nitrogens is 1. The van der Waals surface area contributed by atoms with Crippen LogP contribution in [0.2, 0.25) is 0 Å². The lowest BCUT2D eigenvalue weighted by molar-refractivity contribution is 0.129. The zero-order valence-corrected chi connectivity index (χ0v) is 7.52. The van der Waals surface area contributed by atoms with Crippen LogP contribution >= 0.6 is 0 Å². The molecule has 0 fully saturated rings. The molecule has 1 aromatic heterocycles. The van der Waals surface area contributed by atoms with Crippen molar-refractivity contribution >= 4 is 0 Å². The van der Waals surface area contributed by atoms with E-state index in [0.29, 0.717) is 0 Å². The summed E-state index contributed by atoms with van der Waals surface area (Å²) < 4.78 is 1.12. The molecule has 0 aliphatic heterocycles. The summed E-state index contributed by atoms with van der Waals surface area (Å²) in [5, 5.41) is 11.6. The molecule has 1 rings (SSSR count). The second-order valence-corrected chi connectivity index (χ2v) is 3.00. The van der Waals surface area contributed by atoms with Crippen molar-refractivity contribution in [3.63, 3.8) is 0 Å². The Hall–Kier alpha value is -1.36. The molecular formula is C8H12N2O3. The van der Waals surface area contributed by atoms with Gasteiger partial charge in [-0.05, 0) is 13.8 Å². The van der Waals surface area contributed by atoms with Crippen LogP contribution in [0, 0.1) is 0 Å². The first kappa shape index (κ1) is 9.73. The summed E-state index contributed by atoms with van der Waals surface area (Å²) in [6, 6.07) is 1.91. The van der Waals surface area contributed by atoms with Crippen molar-refractivity contribution in [2.75, 3.05) is 0 Å². The smallest absolute Gasteiger partial charge is 0.265 e. The standard InChI is InChI=1S/C8H12N2O3/c1-5(6(2)11)10-8(13)4-3-7(12)9-10/h3-6,11H,1-2H3,(H,9,12). The maximum Gasteiger partial charge on any atom is 0.265 e. The summed E-state index contributed by atoms with van der Waals surface area (Å²) in [4.78, 5) is 22.1. The van der Waals surface area contributed by atoms with Crippen LogP contribution in [-0.4, -0.2) is 21.0 Å². The molecule has 5 nitrogen and oxygen atoms in total. The molecule has 5 heteroatoms. The van der Waals surface area contributed by atoms with E-state index in [0.717, 1.165) is 10.7 Å². The quantitative estimate of drug-likeness (QED) is 0.649. The Balaban J connectivity index is 3.21. The summed E-state index contributed by atoms with van der Waals surface area (Å²) in [6.45, 7) is 3.21. The number of hydrogen-bond donors (Lipinski definition) is 2. The van der Waals surface area contributed by atoms with Gasteiger partial charge < -0.3 is 5.11 Å². The molecule has 0 saturated heterocycles. The van der Waals surface area contributed by atoms with Crippen LogP contribution < -0.4 is 11.1 Å². The van der Waals surface area contributed by atoms with E-state index in [2.05, 4.69) is 5.10 Å². The van der Waals surface area contributed by atoms with E-state index in [1.54, 1.807) is 13.8 Å². The Morgan fingerprint density at radius 3 is 2.54 bits per heavy atom. The highest BCUT2D eigenvalue weighted by Gasteiger charge is 2.12. The van der Waals surface area contributed by atoms with E-state index in [-0.39, 0.29) is 11.1 Å². The maximum atomic E-state index is 11.2. The topological polar surface area (TPSA) is 75.1 Å². The zero-order valence-electron chi connectivity index (χ0n) is 7.52. The molecule has 0 amide bonds. The van der Waals surface area contributed by atoms with Gasteiger partial charge in [0.15, 0.2) is 0 Å². The van der Waals surface area contributed by atoms with Crippen molar-refractivity contribution in [2.24, 2.45) is 0 Å². The van der Waals surface area contributed by atoms with Crippen molar-refractivity contribution < 1.29 is 5.11 Å². The molecular weight excluding hydrogens is 172 g/mol. The van der Waals surface area contributed by atoms with Gasteiger partial charge in [-0.1, -0.05) is 0 Å². The number of nitrogens with zero attached hydrogens (tertiary/aromatic N) is 1. The molecule has 2 unspecified atom stereocenters. The van der Waals surface area contributed by atoms with Crippen LogP contribution in [0.3, 0.4) is 0 Å². The van der Waals surface area contributed by atoms with E-state index >= 15 is 0 Å². The predicted octanol–water partition coefficient (Wildman–Crippen LogP) is -0.522. The second-order valence-electron chi connectivity index (χ2n) is 3.00. The molecule has 1 heterocycles. The highest BCUT2D eigenvalue weighted by atomic mass is 16.3. The number of aromatic amines is 1. The van der Waals surface area contributed by atoms with Crippen LogP contribution in [0.1, 0.15) is 19.9 Å². The third kappa shape index (κ3) is 2.06. The molecule has 13 heavy (non-hydrogen) atoms. The molecule has 2 N–H and O–H groups in total. The monoisotopic (exact) mass is 184 g/mol. The van der Waals surface area contributed by atoms with Crippen molar-refractivity contribution in [2.45, 2.75) is 26.0 Å². The van der Waals surface area contributed by atoms with Crippen molar-refractivity contribution in [1.82, 2.24) is 9.78 Å². The average Bonchev–Trinajstić information content (AvgIpc) is 2.08. The molecule has 0 radical (unpaired) electrons. The largest absolute Gasteiger partial charge is 0.391 e. The van der Waals surface area contributed by atoms with Crippen LogP contribution in [0.15, 0.2) is 21.7 Å². The van der Waals surface area contributed by atoms with Gasteiger partial charge >= 0.3 is 0 Å². The summed E-state index contributed by atoms with van der Waals surface area (Å²) in [5.74, 6) is 0. The van der Waals surface area contributed by atoms with E-state index in [1.807, 2.05) is 0 Å². The first-order valence-corrected chi connectivity index (χ1v) is 4.02. The number of aliphatic hydroxyl groups excluding tert-OH is 1. The van der Waals surface area contributed by atoms with Gasteiger partial charge in [-0.3, -0.25) is 14.7 Å². The minimum absolute atomic E-state index is 0.326. The molecule has 0 saturated carbocycles. The Morgan fingerprint density at radius 2 is 2.00 bits per heavy atom. The van der Waals surface area contributed by atoms with Gasteiger partial charge in [-0.25, -0.2) is 4.68 Å². The fraction of sp³-hybridized carbons (Fsp3) is 0.500. The van der Waals surface area contributed by atoms with Gasteiger partial charge in [0.25, 0.3) is 11.1 Å². The van der Waals surface area contributed by atoms with Crippen molar-refractivity contribution in [3.8, 4) is 0 Å². The Kier molecular flexibility index (Phi) is 2.67. The Morgan fingerprint density at radius 1 is 1.38 bits per heavy atom. The highest BCUT2D eigenvalue weighted by Crippen LogP contribution is 2.03. The summed E-state index contributed by atoms with van der Waals surface area (Å²) >= 11 is 0. The molecule has 0 spiro atoms. The Bertz CT molecular complexity index is 391. The molecule has 0 aliphatic carbocycles. The van der Waals surface area contributed by atoms with E-state index < -0.39 is 12.1 Å². The maximum absolute atomic E-state index is 11.2. The SMILES string of the molecule is CC(O)C(C)n1[nH]c(=O)ccc1=O. The number of aromatic nitrogens is 2. The zero-order chi connectivity index (χ0) is 10.0. The third-order valence-electron chi connectivity index (χ3n) is 1.95. The molecule has 2 atom stereocenters. The fourth-order valence-electron chi connectivity index (χ4n) is 0.957. The molecule has 0 aromatic carbocycles. The average molecular weight is 184 g/mol. The number of nitrogens with one attached hydrogen (secondary N) is 1. The van der Waals surface area contributed by atoms with Crippen LogP contribution in [-0.2, 0) is 0 Å². The minimum Gasteiger partial charge on any atom is -0.391 e. The predicted molar refractivity (Wildman–Crippen MR) is 47.7 cm³/mol. The van der Waals surface area contributed by atoms with E-state index in [1.165, 1.54) is 6.07 Å². The summed E-state index contributed by atoms with van der Waals surface area (Å²) in [7, 11) is 0. The van der Waals surface area contributed by atoms with E-state index in [9.17, 15) is 14.7 Å². The summed E-state index contributed by atoms with van der Waals surface area (Å²) in [6.07, 6.45) is -0.684. The van der Waals surface area contributed by atoms with E-state index in [4.69, 9.17) is 0 Å². The van der Waals surface area contributed by atoms with Gasteiger partial charge in [0.05, 0.1) is 12.1 Å². The molecule has 0 aliphatic rings. The van der Waals surface area contributed by atoms with Gasteiger partial charge in [0.1, 0.15) is 0 Å². The lowest BCUT2D eigenvalue weighted by atomic mass is 10.2. The van der Waals surface area contributed by atoms with Crippen LogP contribution in [0.4, 0.5) is 0 Å². The van der Waals surface area contributed by atoms with Gasteiger partial charge in [-0.15, -0.1) is 0 Å². The minimum atomic E-state index is -0.684. The van der Waals surface area contributed by atoms with Crippen molar-refractivity contribution in [1.29, 1.82) is 0 Å². The number of rotatable bonds is 2. The normalized spacial score (nSPS) is 15.3. The molecule has 72 valence electrons. The first-order chi connectivity index (χ1) is 6.02. The highest BCUT2D eigenvalue weighted by molar-refractivity contribution is 4.87. The second kappa shape index (κ2) is 3.57. The third-order valence-corrected chi connectivity index (χ3v) is 1.95. The van der Waals surface area contributed by atoms with Crippen LogP contribution in [0.25, 0.3) is 0 Å². The summed E-state index contributed by atoms with van der Waals surface area (Å²) in [5.41, 5.74) is -0.680. The van der Waals surface area contributed by atoms with Gasteiger partial charge in [0.2, 0.25) is 0 Å². The van der Waals surface area contributed by atoms with Gasteiger partial charge in [-0.2, -0.15) is 0 Å². The lowest BCUT2D eigenvalue weighted by Crippen LogP contribution is -2.34. The molecule has 0 bridgehead atoms. The number of hydrogen-bond acceptors (Lipinski definition) is 3. The van der Waals surface area contributed by atoms with Crippen LogP contribution in [0.5, 0.6) is 0 Å². The first-order valence-electron chi connectivity index (χ1n) is 4.02.